The van der Waals surface area contributed by atoms with E-state index < -0.39 is 0 Å². The first-order valence-electron chi connectivity index (χ1n) is 4.77. The van der Waals surface area contributed by atoms with E-state index in [0.717, 1.165) is 0 Å². The highest BCUT2D eigenvalue weighted by Gasteiger charge is 2.11. The quantitative estimate of drug-likeness (QED) is 0.527. The number of rotatable bonds is 2. The third kappa shape index (κ3) is 3.50. The van der Waals surface area contributed by atoms with Crippen LogP contribution >= 0.6 is 12.2 Å². The molecule has 1 saturated carbocycles. The molecular formula is C9H17N2S. The lowest BCUT2D eigenvalue weighted by Crippen LogP contribution is -2.35. The molecule has 0 saturated heterocycles. The minimum absolute atomic E-state index is 0.242. The average molecular weight is 185 g/mol. The fourth-order valence-electron chi connectivity index (χ4n) is 1.70. The highest BCUT2D eigenvalue weighted by molar-refractivity contribution is 7.80. The molecule has 0 bridgehead atoms. The van der Waals surface area contributed by atoms with Crippen LogP contribution in [-0.4, -0.2) is 17.6 Å². The van der Waals surface area contributed by atoms with E-state index in [1.165, 1.54) is 38.5 Å². The van der Waals surface area contributed by atoms with E-state index in [1.54, 1.807) is 0 Å². The lowest BCUT2D eigenvalue weighted by Gasteiger charge is -2.16. The fraction of sp³-hybridized carbons (Fsp3) is 0.889. The topological polar surface area (TPSA) is 35.8 Å². The normalized spacial score (nSPS) is 20.1. The van der Waals surface area contributed by atoms with Crippen LogP contribution in [0, 0.1) is 0 Å². The summed E-state index contributed by atoms with van der Waals surface area (Å²) in [7, 11) is 0. The molecule has 1 aliphatic carbocycles. The maximum atomic E-state index is 7.08. The summed E-state index contributed by atoms with van der Waals surface area (Å²) in [5.74, 6) is 0. The second-order valence-corrected chi connectivity index (χ2v) is 3.93. The number of hydrogen-bond donors (Lipinski definition) is 1. The van der Waals surface area contributed by atoms with Crippen molar-refractivity contribution < 1.29 is 0 Å². The average Bonchev–Trinajstić information content (AvgIpc) is 2.33. The van der Waals surface area contributed by atoms with E-state index >= 15 is 0 Å². The highest BCUT2D eigenvalue weighted by atomic mass is 32.1. The summed E-state index contributed by atoms with van der Waals surface area (Å²) in [5.41, 5.74) is 7.08. The molecule has 69 valence electrons. The van der Waals surface area contributed by atoms with Crippen LogP contribution in [0.5, 0.6) is 0 Å². The lowest BCUT2D eigenvalue weighted by atomic mass is 10.1. The van der Waals surface area contributed by atoms with Crippen LogP contribution in [0.15, 0.2) is 0 Å². The number of nitrogens with one attached hydrogen (secondary N) is 2. The van der Waals surface area contributed by atoms with Crippen molar-refractivity contribution in [3.63, 3.8) is 0 Å². The maximum absolute atomic E-state index is 7.08. The maximum Gasteiger partial charge on any atom is 0.0910 e. The third-order valence-corrected chi connectivity index (χ3v) is 2.64. The molecule has 1 aliphatic rings. The summed E-state index contributed by atoms with van der Waals surface area (Å²) >= 11 is 4.98. The third-order valence-electron chi connectivity index (χ3n) is 2.38. The van der Waals surface area contributed by atoms with Gasteiger partial charge in [0.15, 0.2) is 0 Å². The molecule has 1 radical (unpaired) electrons. The Labute approximate surface area is 79.9 Å². The first-order chi connectivity index (χ1) is 5.83. The van der Waals surface area contributed by atoms with Gasteiger partial charge >= 0.3 is 0 Å². The molecule has 0 aliphatic heterocycles. The molecule has 0 heterocycles. The Morgan fingerprint density at radius 2 is 1.83 bits per heavy atom. The van der Waals surface area contributed by atoms with Crippen LogP contribution in [-0.2, 0) is 0 Å². The Bertz CT molecular complexity index is 139. The Kier molecular flexibility index (Phi) is 4.54. The predicted molar refractivity (Wildman–Crippen MR) is 55.2 cm³/mol. The van der Waals surface area contributed by atoms with Gasteiger partial charge < -0.3 is 5.32 Å². The first kappa shape index (κ1) is 9.93. The van der Waals surface area contributed by atoms with Gasteiger partial charge in [-0.1, -0.05) is 37.9 Å². The van der Waals surface area contributed by atoms with Crippen molar-refractivity contribution in [2.75, 3.05) is 6.54 Å². The molecule has 0 aromatic rings. The zero-order chi connectivity index (χ0) is 8.81. The van der Waals surface area contributed by atoms with Gasteiger partial charge in [0.1, 0.15) is 0 Å². The van der Waals surface area contributed by atoms with Crippen LogP contribution in [0.25, 0.3) is 0 Å². The molecular weight excluding hydrogens is 168 g/mol. The van der Waals surface area contributed by atoms with E-state index in [1.807, 2.05) is 0 Å². The summed E-state index contributed by atoms with van der Waals surface area (Å²) < 4.78 is 0. The van der Waals surface area contributed by atoms with Gasteiger partial charge in [-0.25, -0.2) is 0 Å². The van der Waals surface area contributed by atoms with Crippen molar-refractivity contribution in [3.05, 3.63) is 0 Å². The van der Waals surface area contributed by atoms with Gasteiger partial charge in [-0.15, -0.1) is 0 Å². The van der Waals surface area contributed by atoms with E-state index in [0.29, 0.717) is 11.0 Å². The number of thiocarbonyl (C=S) groups is 1. The summed E-state index contributed by atoms with van der Waals surface area (Å²) in [4.78, 5) is 0.710. The minimum atomic E-state index is 0.242. The fourth-order valence-corrected chi connectivity index (χ4v) is 1.87. The van der Waals surface area contributed by atoms with Crippen LogP contribution in [0.4, 0.5) is 0 Å². The second-order valence-electron chi connectivity index (χ2n) is 3.43. The summed E-state index contributed by atoms with van der Waals surface area (Å²) in [6.07, 6.45) is 7.84. The van der Waals surface area contributed by atoms with Crippen molar-refractivity contribution in [3.8, 4) is 0 Å². The van der Waals surface area contributed by atoms with Gasteiger partial charge in [-0.05, 0) is 12.8 Å². The SMILES string of the molecule is [NH]CC(=S)NC1CCCCCC1. The van der Waals surface area contributed by atoms with E-state index in [2.05, 4.69) is 5.32 Å². The van der Waals surface area contributed by atoms with Crippen molar-refractivity contribution >= 4 is 17.2 Å². The van der Waals surface area contributed by atoms with Crippen LogP contribution in [0.2, 0.25) is 0 Å². The monoisotopic (exact) mass is 185 g/mol. The highest BCUT2D eigenvalue weighted by Crippen LogP contribution is 2.16. The van der Waals surface area contributed by atoms with E-state index in [-0.39, 0.29) is 6.54 Å². The Balaban J connectivity index is 2.24. The molecule has 12 heavy (non-hydrogen) atoms. The molecule has 0 spiro atoms. The standard InChI is InChI=1S/C9H17N2S/c10-7-9(12)11-8-5-3-1-2-4-6-8/h8,10H,1-7H2,(H,11,12). The second kappa shape index (κ2) is 5.49. The van der Waals surface area contributed by atoms with Crippen LogP contribution in [0.1, 0.15) is 38.5 Å². The lowest BCUT2D eigenvalue weighted by molar-refractivity contribution is 0.533. The van der Waals surface area contributed by atoms with Crippen molar-refractivity contribution in [2.24, 2.45) is 0 Å². The molecule has 0 amide bonds. The summed E-state index contributed by atoms with van der Waals surface area (Å²) in [6.45, 7) is 0.242. The van der Waals surface area contributed by atoms with Gasteiger partial charge in [0.2, 0.25) is 0 Å². The first-order valence-corrected chi connectivity index (χ1v) is 5.17. The molecule has 0 unspecified atom stereocenters. The van der Waals surface area contributed by atoms with Gasteiger partial charge in [0.05, 0.1) is 11.5 Å². The molecule has 1 fully saturated rings. The zero-order valence-electron chi connectivity index (χ0n) is 7.44. The zero-order valence-corrected chi connectivity index (χ0v) is 8.25. The summed E-state index contributed by atoms with van der Waals surface area (Å²) in [6, 6.07) is 0.561. The Hall–Kier alpha value is -0.150. The van der Waals surface area contributed by atoms with Gasteiger partial charge in [-0.3, -0.25) is 5.73 Å². The predicted octanol–water partition coefficient (Wildman–Crippen LogP) is 1.91. The molecule has 3 heteroatoms. The van der Waals surface area contributed by atoms with Crippen molar-refractivity contribution in [1.82, 2.24) is 11.1 Å². The van der Waals surface area contributed by atoms with Crippen molar-refractivity contribution in [1.29, 1.82) is 0 Å². The van der Waals surface area contributed by atoms with Crippen LogP contribution < -0.4 is 11.1 Å². The number of hydrogen-bond acceptors (Lipinski definition) is 1. The molecule has 2 N–H and O–H groups in total. The molecule has 2 nitrogen and oxygen atoms in total. The summed E-state index contributed by atoms with van der Waals surface area (Å²) in [5, 5.41) is 3.25. The largest absolute Gasteiger partial charge is 0.376 e. The van der Waals surface area contributed by atoms with Crippen molar-refractivity contribution in [2.45, 2.75) is 44.6 Å². The van der Waals surface area contributed by atoms with Gasteiger partial charge in [0, 0.05) is 6.04 Å². The smallest absolute Gasteiger partial charge is 0.0910 e. The Morgan fingerprint density at radius 3 is 2.33 bits per heavy atom. The molecule has 0 aromatic carbocycles. The minimum Gasteiger partial charge on any atom is -0.376 e. The van der Waals surface area contributed by atoms with Gasteiger partial charge in [0.25, 0.3) is 0 Å². The van der Waals surface area contributed by atoms with Crippen LogP contribution in [0.3, 0.4) is 0 Å². The molecule has 1 rings (SSSR count). The van der Waals surface area contributed by atoms with E-state index in [9.17, 15) is 0 Å². The van der Waals surface area contributed by atoms with E-state index in [4.69, 9.17) is 18.0 Å². The van der Waals surface area contributed by atoms with Gasteiger partial charge in [-0.2, -0.15) is 0 Å². The molecule has 0 aromatic heterocycles. The Morgan fingerprint density at radius 1 is 1.25 bits per heavy atom. The molecule has 0 atom stereocenters.